The summed E-state index contributed by atoms with van der Waals surface area (Å²) in [5.74, 6) is 0.458. The first kappa shape index (κ1) is 10.9. The largest absolute Gasteiger partial charge is 0.468 e. The van der Waals surface area contributed by atoms with E-state index in [1.165, 1.54) is 0 Å². The van der Waals surface area contributed by atoms with Gasteiger partial charge in [-0.3, -0.25) is 9.78 Å². The summed E-state index contributed by atoms with van der Waals surface area (Å²) in [6.07, 6.45) is 0.00269. The predicted octanol–water partition coefficient (Wildman–Crippen LogP) is 1.78. The standard InChI is InChI=1S/C8H10IN3O2S/c1-4-3-13-11-7(14-4)5-6(9)10-12(2)8(5)15/h4,10H,3H2,1-2H3. The lowest BCUT2D eigenvalue weighted by atomic mass is 10.3. The molecule has 1 aromatic heterocycles. The van der Waals surface area contributed by atoms with E-state index >= 15 is 0 Å². The van der Waals surface area contributed by atoms with Crippen molar-refractivity contribution >= 4 is 40.7 Å². The molecule has 5 nitrogen and oxygen atoms in total. The third-order valence-corrected chi connectivity index (χ3v) is 3.25. The van der Waals surface area contributed by atoms with Crippen molar-refractivity contribution in [2.45, 2.75) is 13.0 Å². The van der Waals surface area contributed by atoms with Crippen molar-refractivity contribution in [3.8, 4) is 0 Å². The number of hydrogen-bond donors (Lipinski definition) is 1. The van der Waals surface area contributed by atoms with Crippen LogP contribution in [-0.4, -0.2) is 28.4 Å². The average molecular weight is 339 g/mol. The van der Waals surface area contributed by atoms with Crippen LogP contribution in [0, 0.1) is 8.34 Å². The molecular weight excluding hydrogens is 329 g/mol. The zero-order chi connectivity index (χ0) is 11.0. The van der Waals surface area contributed by atoms with Gasteiger partial charge < -0.3 is 9.57 Å². The van der Waals surface area contributed by atoms with Gasteiger partial charge in [-0.15, -0.1) is 0 Å². The summed E-state index contributed by atoms with van der Waals surface area (Å²) >= 11 is 7.40. The lowest BCUT2D eigenvalue weighted by Crippen LogP contribution is -2.25. The molecule has 0 saturated heterocycles. The van der Waals surface area contributed by atoms with E-state index in [1.807, 2.05) is 14.0 Å². The normalized spacial score (nSPS) is 20.5. The molecule has 0 aromatic carbocycles. The molecule has 0 saturated carbocycles. The number of ether oxygens (including phenoxy) is 1. The Kier molecular flexibility index (Phi) is 3.01. The lowest BCUT2D eigenvalue weighted by Gasteiger charge is -2.18. The van der Waals surface area contributed by atoms with Crippen molar-refractivity contribution in [3.05, 3.63) is 13.9 Å². The first-order valence-corrected chi connectivity index (χ1v) is 5.89. The molecule has 2 heterocycles. The van der Waals surface area contributed by atoms with Crippen LogP contribution in [0.15, 0.2) is 5.16 Å². The van der Waals surface area contributed by atoms with Crippen molar-refractivity contribution in [2.75, 3.05) is 6.61 Å². The van der Waals surface area contributed by atoms with E-state index in [0.29, 0.717) is 17.1 Å². The number of nitrogens with one attached hydrogen (secondary N) is 1. The summed E-state index contributed by atoms with van der Waals surface area (Å²) in [5.41, 5.74) is 0.791. The molecule has 1 aliphatic rings. The number of rotatable bonds is 1. The first-order chi connectivity index (χ1) is 7.09. The van der Waals surface area contributed by atoms with E-state index in [0.717, 1.165) is 9.26 Å². The maximum absolute atomic E-state index is 5.57. The molecule has 0 aliphatic carbocycles. The number of aryl methyl sites for hydroxylation is 1. The van der Waals surface area contributed by atoms with Gasteiger partial charge in [-0.25, -0.2) is 0 Å². The minimum Gasteiger partial charge on any atom is -0.468 e. The van der Waals surface area contributed by atoms with Gasteiger partial charge in [-0.2, -0.15) is 0 Å². The number of H-pyrrole nitrogens is 1. The molecule has 1 unspecified atom stereocenters. The Morgan fingerprint density at radius 2 is 2.40 bits per heavy atom. The van der Waals surface area contributed by atoms with E-state index < -0.39 is 0 Å². The van der Waals surface area contributed by atoms with Gasteiger partial charge in [0.2, 0.25) is 0 Å². The summed E-state index contributed by atoms with van der Waals surface area (Å²) in [4.78, 5) is 5.06. The van der Waals surface area contributed by atoms with E-state index in [9.17, 15) is 0 Å². The molecule has 1 N–H and O–H groups in total. The molecule has 0 fully saturated rings. The van der Waals surface area contributed by atoms with Crippen LogP contribution in [0.4, 0.5) is 0 Å². The zero-order valence-electron chi connectivity index (χ0n) is 8.28. The van der Waals surface area contributed by atoms with Crippen LogP contribution in [0.2, 0.25) is 0 Å². The summed E-state index contributed by atoms with van der Waals surface area (Å²) in [6.45, 7) is 2.40. The Labute approximate surface area is 106 Å². The van der Waals surface area contributed by atoms with Crippen molar-refractivity contribution < 1.29 is 9.57 Å². The SMILES string of the molecule is CC1CON=C(c2c(I)[nH]n(C)c2=S)O1. The van der Waals surface area contributed by atoms with Crippen LogP contribution in [0.5, 0.6) is 0 Å². The second-order valence-electron chi connectivity index (χ2n) is 3.29. The number of aromatic amines is 1. The maximum Gasteiger partial charge on any atom is 0.263 e. The van der Waals surface area contributed by atoms with Crippen LogP contribution >= 0.6 is 34.8 Å². The minimum absolute atomic E-state index is 0.00269. The van der Waals surface area contributed by atoms with Crippen LogP contribution in [-0.2, 0) is 16.6 Å². The molecule has 0 radical (unpaired) electrons. The molecule has 15 heavy (non-hydrogen) atoms. The highest BCUT2D eigenvalue weighted by Gasteiger charge is 2.22. The van der Waals surface area contributed by atoms with Gasteiger partial charge in [0.1, 0.15) is 20.0 Å². The number of nitrogens with zero attached hydrogens (tertiary/aromatic N) is 2. The van der Waals surface area contributed by atoms with Gasteiger partial charge in [0.05, 0.1) is 0 Å². The predicted molar refractivity (Wildman–Crippen MR) is 66.4 cm³/mol. The summed E-state index contributed by atoms with van der Waals surface area (Å²) in [5, 5.41) is 6.95. The highest BCUT2D eigenvalue weighted by atomic mass is 127. The Hall–Kier alpha value is -0.570. The average Bonchev–Trinajstić information content (AvgIpc) is 2.41. The molecule has 82 valence electrons. The van der Waals surface area contributed by atoms with Crippen LogP contribution < -0.4 is 0 Å². The summed E-state index contributed by atoms with van der Waals surface area (Å²) in [6, 6.07) is 0. The molecule has 0 amide bonds. The Morgan fingerprint density at radius 1 is 1.67 bits per heavy atom. The number of hydrogen-bond acceptors (Lipinski definition) is 4. The van der Waals surface area contributed by atoms with Gasteiger partial charge >= 0.3 is 0 Å². The van der Waals surface area contributed by atoms with Gasteiger partial charge in [0.25, 0.3) is 5.90 Å². The molecule has 1 atom stereocenters. The third-order valence-electron chi connectivity index (χ3n) is 1.99. The second-order valence-corrected chi connectivity index (χ2v) is 4.75. The molecular formula is C8H10IN3O2S. The zero-order valence-corrected chi connectivity index (χ0v) is 11.3. The molecule has 0 spiro atoms. The van der Waals surface area contributed by atoms with Crippen molar-refractivity contribution in [1.82, 2.24) is 9.78 Å². The Bertz CT molecular complexity index is 465. The highest BCUT2D eigenvalue weighted by Crippen LogP contribution is 2.17. The summed E-state index contributed by atoms with van der Waals surface area (Å²) < 4.78 is 8.88. The lowest BCUT2D eigenvalue weighted by molar-refractivity contribution is 0.0195. The number of aromatic nitrogens is 2. The molecule has 2 rings (SSSR count). The molecule has 1 aliphatic heterocycles. The van der Waals surface area contributed by atoms with Crippen molar-refractivity contribution in [3.63, 3.8) is 0 Å². The van der Waals surface area contributed by atoms with Crippen molar-refractivity contribution in [2.24, 2.45) is 12.2 Å². The van der Waals surface area contributed by atoms with Crippen LogP contribution in [0.25, 0.3) is 0 Å². The van der Waals surface area contributed by atoms with Crippen LogP contribution in [0.3, 0.4) is 0 Å². The van der Waals surface area contributed by atoms with E-state index in [1.54, 1.807) is 4.68 Å². The van der Waals surface area contributed by atoms with Gasteiger partial charge in [0, 0.05) is 7.05 Å². The van der Waals surface area contributed by atoms with E-state index in [2.05, 4.69) is 32.8 Å². The molecule has 0 bridgehead atoms. The topological polar surface area (TPSA) is 51.5 Å². The second kappa shape index (κ2) is 4.12. The maximum atomic E-state index is 5.57. The number of oxime groups is 1. The van der Waals surface area contributed by atoms with E-state index in [-0.39, 0.29) is 6.10 Å². The first-order valence-electron chi connectivity index (χ1n) is 4.41. The quantitative estimate of drug-likeness (QED) is 0.627. The monoisotopic (exact) mass is 339 g/mol. The van der Waals surface area contributed by atoms with Gasteiger partial charge in [0.15, 0.2) is 6.61 Å². The van der Waals surface area contributed by atoms with E-state index in [4.69, 9.17) is 21.8 Å². The minimum atomic E-state index is 0.00269. The fourth-order valence-corrected chi connectivity index (χ4v) is 2.52. The summed E-state index contributed by atoms with van der Waals surface area (Å²) in [7, 11) is 1.85. The van der Waals surface area contributed by atoms with Gasteiger partial charge in [-0.05, 0) is 34.7 Å². The van der Waals surface area contributed by atoms with Crippen LogP contribution in [0.1, 0.15) is 12.5 Å². The highest BCUT2D eigenvalue weighted by molar-refractivity contribution is 14.1. The fourth-order valence-electron chi connectivity index (χ4n) is 1.25. The Morgan fingerprint density at radius 3 is 2.93 bits per heavy atom. The van der Waals surface area contributed by atoms with Gasteiger partial charge in [-0.1, -0.05) is 12.2 Å². The van der Waals surface area contributed by atoms with Crippen molar-refractivity contribution in [1.29, 1.82) is 0 Å². The smallest absolute Gasteiger partial charge is 0.263 e. The Balaban J connectivity index is 2.45. The third kappa shape index (κ3) is 2.03. The fraction of sp³-hybridized carbons (Fsp3) is 0.500. The molecule has 7 heteroatoms. The number of halogens is 1. The molecule has 1 aromatic rings.